The lowest BCUT2D eigenvalue weighted by Gasteiger charge is -2.21. The topological polar surface area (TPSA) is 35.2 Å². The maximum atomic E-state index is 5.95. The Hall–Kier alpha value is -0.860. The van der Waals surface area contributed by atoms with Crippen molar-refractivity contribution >= 4 is 0 Å². The van der Waals surface area contributed by atoms with E-state index in [1.54, 1.807) is 0 Å². The van der Waals surface area contributed by atoms with Crippen LogP contribution in [-0.4, -0.2) is 12.6 Å². The van der Waals surface area contributed by atoms with Gasteiger partial charge in [-0.05, 0) is 31.9 Å². The van der Waals surface area contributed by atoms with Crippen LogP contribution in [0.15, 0.2) is 30.3 Å². The summed E-state index contributed by atoms with van der Waals surface area (Å²) in [6, 6.07) is 10.3. The minimum Gasteiger partial charge on any atom is -0.371 e. The molecule has 0 aromatic heterocycles. The number of rotatable bonds is 6. The van der Waals surface area contributed by atoms with E-state index in [4.69, 9.17) is 10.5 Å². The first-order chi connectivity index (χ1) is 7.27. The highest BCUT2D eigenvalue weighted by atomic mass is 16.5. The summed E-state index contributed by atoms with van der Waals surface area (Å²) in [4.78, 5) is 0. The van der Waals surface area contributed by atoms with E-state index in [-0.39, 0.29) is 12.2 Å². The first-order valence-electron chi connectivity index (χ1n) is 5.68. The molecule has 0 aliphatic carbocycles. The fourth-order valence-corrected chi connectivity index (χ4v) is 1.65. The van der Waals surface area contributed by atoms with Gasteiger partial charge in [-0.1, -0.05) is 37.3 Å². The van der Waals surface area contributed by atoms with E-state index in [0.29, 0.717) is 6.54 Å². The molecule has 1 aromatic rings. The van der Waals surface area contributed by atoms with Gasteiger partial charge >= 0.3 is 0 Å². The zero-order chi connectivity index (χ0) is 11.1. The summed E-state index contributed by atoms with van der Waals surface area (Å²) < 4.78 is 5.95. The van der Waals surface area contributed by atoms with Crippen molar-refractivity contribution in [1.29, 1.82) is 0 Å². The Bertz CT molecular complexity index is 260. The maximum absolute atomic E-state index is 5.95. The van der Waals surface area contributed by atoms with Crippen LogP contribution in [0.2, 0.25) is 0 Å². The van der Waals surface area contributed by atoms with Crippen molar-refractivity contribution in [1.82, 2.24) is 0 Å². The molecular formula is C13H21NO. The predicted octanol–water partition coefficient (Wildman–Crippen LogP) is 2.89. The second-order valence-corrected chi connectivity index (χ2v) is 3.80. The molecule has 2 nitrogen and oxygen atoms in total. The molecule has 2 heteroatoms. The van der Waals surface area contributed by atoms with Crippen LogP contribution in [0.1, 0.15) is 38.4 Å². The van der Waals surface area contributed by atoms with Crippen molar-refractivity contribution in [3.63, 3.8) is 0 Å². The lowest BCUT2D eigenvalue weighted by atomic mass is 10.1. The minimum absolute atomic E-state index is 0.155. The molecule has 0 saturated carbocycles. The summed E-state index contributed by atoms with van der Waals surface area (Å²) in [5, 5.41) is 0. The first-order valence-corrected chi connectivity index (χ1v) is 5.68. The van der Waals surface area contributed by atoms with E-state index in [1.807, 2.05) is 18.2 Å². The number of hydrogen-bond donors (Lipinski definition) is 1. The summed E-state index contributed by atoms with van der Waals surface area (Å²) in [6.07, 6.45) is 2.40. The van der Waals surface area contributed by atoms with Crippen LogP contribution in [0, 0.1) is 0 Å². The van der Waals surface area contributed by atoms with Crippen LogP contribution in [0.4, 0.5) is 0 Å². The second-order valence-electron chi connectivity index (χ2n) is 3.80. The Morgan fingerprint density at radius 1 is 1.27 bits per heavy atom. The normalized spacial score (nSPS) is 14.9. The summed E-state index contributed by atoms with van der Waals surface area (Å²) in [6.45, 7) is 4.92. The summed E-state index contributed by atoms with van der Waals surface area (Å²) in [7, 11) is 0. The van der Waals surface area contributed by atoms with Crippen molar-refractivity contribution in [2.75, 3.05) is 6.54 Å². The van der Waals surface area contributed by atoms with Gasteiger partial charge in [-0.3, -0.25) is 0 Å². The minimum atomic E-state index is 0.155. The quantitative estimate of drug-likeness (QED) is 0.778. The van der Waals surface area contributed by atoms with Crippen LogP contribution in [0.5, 0.6) is 0 Å². The summed E-state index contributed by atoms with van der Waals surface area (Å²) in [5.41, 5.74) is 6.77. The summed E-state index contributed by atoms with van der Waals surface area (Å²) >= 11 is 0. The SMILES string of the molecule is CCC(CCN)OC(C)c1ccccc1. The molecule has 15 heavy (non-hydrogen) atoms. The van der Waals surface area contributed by atoms with E-state index in [2.05, 4.69) is 26.0 Å². The van der Waals surface area contributed by atoms with Gasteiger partial charge in [0.25, 0.3) is 0 Å². The molecular weight excluding hydrogens is 186 g/mol. The molecule has 0 aliphatic heterocycles. The average Bonchev–Trinajstić information content (AvgIpc) is 2.29. The fraction of sp³-hybridized carbons (Fsp3) is 0.538. The molecule has 0 saturated heterocycles. The van der Waals surface area contributed by atoms with Crippen molar-refractivity contribution in [2.45, 2.75) is 38.9 Å². The van der Waals surface area contributed by atoms with Gasteiger partial charge in [-0.15, -0.1) is 0 Å². The van der Waals surface area contributed by atoms with Gasteiger partial charge in [0.2, 0.25) is 0 Å². The number of benzene rings is 1. The Morgan fingerprint density at radius 3 is 2.47 bits per heavy atom. The van der Waals surface area contributed by atoms with E-state index >= 15 is 0 Å². The van der Waals surface area contributed by atoms with E-state index in [9.17, 15) is 0 Å². The highest BCUT2D eigenvalue weighted by molar-refractivity contribution is 5.16. The van der Waals surface area contributed by atoms with Crippen LogP contribution < -0.4 is 5.73 Å². The van der Waals surface area contributed by atoms with Gasteiger partial charge in [0, 0.05) is 0 Å². The van der Waals surface area contributed by atoms with Crippen LogP contribution in [0.25, 0.3) is 0 Å². The van der Waals surface area contributed by atoms with E-state index in [0.717, 1.165) is 12.8 Å². The molecule has 1 aromatic carbocycles. The molecule has 0 amide bonds. The standard InChI is InChI=1S/C13H21NO/c1-3-13(9-10-14)15-11(2)12-7-5-4-6-8-12/h4-8,11,13H,3,9-10,14H2,1-2H3. The molecule has 2 N–H and O–H groups in total. The van der Waals surface area contributed by atoms with Crippen LogP contribution in [-0.2, 0) is 4.74 Å². The molecule has 0 heterocycles. The third-order valence-corrected chi connectivity index (χ3v) is 2.61. The molecule has 84 valence electrons. The van der Waals surface area contributed by atoms with Crippen molar-refractivity contribution in [3.8, 4) is 0 Å². The predicted molar refractivity (Wildman–Crippen MR) is 63.7 cm³/mol. The molecule has 2 atom stereocenters. The zero-order valence-electron chi connectivity index (χ0n) is 9.65. The van der Waals surface area contributed by atoms with Crippen LogP contribution in [0.3, 0.4) is 0 Å². The van der Waals surface area contributed by atoms with Gasteiger partial charge in [0.1, 0.15) is 0 Å². The third kappa shape index (κ3) is 4.02. The molecule has 1 rings (SSSR count). The number of nitrogens with two attached hydrogens (primary N) is 1. The zero-order valence-corrected chi connectivity index (χ0v) is 9.65. The summed E-state index contributed by atoms with van der Waals surface area (Å²) in [5.74, 6) is 0. The maximum Gasteiger partial charge on any atom is 0.0800 e. The number of ether oxygens (including phenoxy) is 1. The van der Waals surface area contributed by atoms with Gasteiger partial charge in [0.15, 0.2) is 0 Å². The van der Waals surface area contributed by atoms with Crippen molar-refractivity contribution in [3.05, 3.63) is 35.9 Å². The lowest BCUT2D eigenvalue weighted by Crippen LogP contribution is -2.18. The Kier molecular flexibility index (Phi) is 5.37. The van der Waals surface area contributed by atoms with Gasteiger partial charge in [-0.25, -0.2) is 0 Å². The molecule has 2 unspecified atom stereocenters. The molecule has 0 aliphatic rings. The second kappa shape index (κ2) is 6.59. The Labute approximate surface area is 92.4 Å². The molecule has 0 radical (unpaired) electrons. The van der Waals surface area contributed by atoms with Crippen LogP contribution >= 0.6 is 0 Å². The highest BCUT2D eigenvalue weighted by Crippen LogP contribution is 2.20. The monoisotopic (exact) mass is 207 g/mol. The average molecular weight is 207 g/mol. The van der Waals surface area contributed by atoms with Crippen molar-refractivity contribution < 1.29 is 4.74 Å². The molecule has 0 bridgehead atoms. The Morgan fingerprint density at radius 2 is 1.93 bits per heavy atom. The van der Waals surface area contributed by atoms with Gasteiger partial charge in [0.05, 0.1) is 12.2 Å². The van der Waals surface area contributed by atoms with E-state index < -0.39 is 0 Å². The van der Waals surface area contributed by atoms with E-state index in [1.165, 1.54) is 5.56 Å². The fourth-order valence-electron chi connectivity index (χ4n) is 1.65. The first kappa shape index (κ1) is 12.2. The lowest BCUT2D eigenvalue weighted by molar-refractivity contribution is -0.00835. The highest BCUT2D eigenvalue weighted by Gasteiger charge is 2.11. The molecule has 0 fully saturated rings. The van der Waals surface area contributed by atoms with Crippen molar-refractivity contribution in [2.24, 2.45) is 5.73 Å². The smallest absolute Gasteiger partial charge is 0.0800 e. The largest absolute Gasteiger partial charge is 0.371 e. The Balaban J connectivity index is 2.50. The number of hydrogen-bond acceptors (Lipinski definition) is 2. The van der Waals surface area contributed by atoms with Gasteiger partial charge in [-0.2, -0.15) is 0 Å². The molecule has 0 spiro atoms. The third-order valence-electron chi connectivity index (χ3n) is 2.61. The van der Waals surface area contributed by atoms with Gasteiger partial charge < -0.3 is 10.5 Å².